The number of carboxylic acids is 1. The fourth-order valence-electron chi connectivity index (χ4n) is 3.32. The highest BCUT2D eigenvalue weighted by Crippen LogP contribution is 2.30. The molecule has 0 radical (unpaired) electrons. The number of nitro benzene ring substituents is 1. The van der Waals surface area contributed by atoms with E-state index in [0.29, 0.717) is 31.7 Å². The van der Waals surface area contributed by atoms with Gasteiger partial charge >= 0.3 is 5.97 Å². The lowest BCUT2D eigenvalue weighted by atomic mass is 9.86. The van der Waals surface area contributed by atoms with Crippen molar-refractivity contribution in [1.82, 2.24) is 5.32 Å². The Morgan fingerprint density at radius 3 is 2.45 bits per heavy atom. The van der Waals surface area contributed by atoms with Crippen LogP contribution in [0.5, 0.6) is 0 Å². The van der Waals surface area contributed by atoms with Gasteiger partial charge in [0.25, 0.3) is 11.6 Å². The van der Waals surface area contributed by atoms with Gasteiger partial charge in [0.1, 0.15) is 5.69 Å². The molecule has 1 fully saturated rings. The van der Waals surface area contributed by atoms with Crippen LogP contribution in [0.3, 0.4) is 0 Å². The summed E-state index contributed by atoms with van der Waals surface area (Å²) in [5.41, 5.74) is -0.163. The van der Waals surface area contributed by atoms with E-state index >= 15 is 0 Å². The standard InChI is InChI=1S/C20H21N3O6/c24-18(25)13-20(8-10-29-11-9-20)22-19(26)14-6-7-16(17(12-14)23(27)28)21-15-4-2-1-3-5-15/h1-7,12,21H,8-11,13H2,(H,22,26)(H,24,25). The number of hydrogen-bond donors (Lipinski definition) is 3. The first kappa shape index (κ1) is 20.3. The third kappa shape index (κ3) is 5.08. The zero-order chi connectivity index (χ0) is 20.9. The molecule has 0 atom stereocenters. The second-order valence-corrected chi connectivity index (χ2v) is 6.90. The van der Waals surface area contributed by atoms with Crippen molar-refractivity contribution in [2.75, 3.05) is 18.5 Å². The van der Waals surface area contributed by atoms with Crippen LogP contribution in [0.25, 0.3) is 0 Å². The second kappa shape index (κ2) is 8.70. The van der Waals surface area contributed by atoms with Crippen LogP contribution in [0, 0.1) is 10.1 Å². The molecule has 0 spiro atoms. The predicted molar refractivity (Wildman–Crippen MR) is 105 cm³/mol. The molecular formula is C20H21N3O6. The van der Waals surface area contributed by atoms with Crippen molar-refractivity contribution in [2.24, 2.45) is 0 Å². The van der Waals surface area contributed by atoms with Crippen LogP contribution in [0.4, 0.5) is 17.1 Å². The number of nitro groups is 1. The van der Waals surface area contributed by atoms with Gasteiger partial charge in [0.05, 0.1) is 16.9 Å². The van der Waals surface area contributed by atoms with E-state index in [9.17, 15) is 24.8 Å². The van der Waals surface area contributed by atoms with Gasteiger partial charge in [-0.1, -0.05) is 18.2 Å². The number of hydrogen-bond acceptors (Lipinski definition) is 6. The van der Waals surface area contributed by atoms with Crippen LogP contribution in [0.1, 0.15) is 29.6 Å². The molecule has 3 rings (SSSR count). The number of nitrogens with zero attached hydrogens (tertiary/aromatic N) is 1. The monoisotopic (exact) mass is 399 g/mol. The van der Waals surface area contributed by atoms with Gasteiger partial charge in [-0.15, -0.1) is 0 Å². The summed E-state index contributed by atoms with van der Waals surface area (Å²) in [6.07, 6.45) is 0.486. The number of rotatable bonds is 7. The first-order valence-corrected chi connectivity index (χ1v) is 9.11. The number of ether oxygens (including phenoxy) is 1. The van der Waals surface area contributed by atoms with E-state index in [1.54, 1.807) is 24.3 Å². The van der Waals surface area contributed by atoms with E-state index in [2.05, 4.69) is 10.6 Å². The molecule has 1 heterocycles. The van der Waals surface area contributed by atoms with Crippen LogP contribution in [-0.2, 0) is 9.53 Å². The Hall–Kier alpha value is -3.46. The molecule has 2 aromatic rings. The maximum atomic E-state index is 12.8. The number of nitrogens with one attached hydrogen (secondary N) is 2. The highest BCUT2D eigenvalue weighted by molar-refractivity contribution is 5.96. The molecule has 0 aliphatic carbocycles. The Kier molecular flexibility index (Phi) is 6.08. The van der Waals surface area contributed by atoms with Crippen molar-refractivity contribution in [1.29, 1.82) is 0 Å². The minimum absolute atomic E-state index is 0.0894. The first-order chi connectivity index (χ1) is 13.9. The van der Waals surface area contributed by atoms with Crippen LogP contribution in [0.2, 0.25) is 0 Å². The van der Waals surface area contributed by atoms with Crippen LogP contribution in [-0.4, -0.2) is 40.7 Å². The Balaban J connectivity index is 1.84. The molecule has 0 aromatic heterocycles. The quantitative estimate of drug-likeness (QED) is 0.482. The zero-order valence-electron chi connectivity index (χ0n) is 15.6. The maximum Gasteiger partial charge on any atom is 0.305 e. The molecule has 3 N–H and O–H groups in total. The van der Waals surface area contributed by atoms with Crippen LogP contribution >= 0.6 is 0 Å². The lowest BCUT2D eigenvalue weighted by Crippen LogP contribution is -2.53. The summed E-state index contributed by atoms with van der Waals surface area (Å²) in [6, 6.07) is 13.1. The Bertz CT molecular complexity index is 910. The highest BCUT2D eigenvalue weighted by Gasteiger charge is 2.37. The summed E-state index contributed by atoms with van der Waals surface area (Å²) < 4.78 is 5.27. The van der Waals surface area contributed by atoms with Gasteiger partial charge in [0, 0.05) is 30.5 Å². The molecule has 1 amide bonds. The zero-order valence-corrected chi connectivity index (χ0v) is 15.6. The molecule has 152 valence electrons. The van der Waals surface area contributed by atoms with Crippen LogP contribution < -0.4 is 10.6 Å². The van der Waals surface area contributed by atoms with Gasteiger partial charge in [-0.3, -0.25) is 19.7 Å². The van der Waals surface area contributed by atoms with Gasteiger partial charge in [-0.25, -0.2) is 0 Å². The molecule has 0 bridgehead atoms. The number of amides is 1. The van der Waals surface area contributed by atoms with Crippen molar-refractivity contribution in [2.45, 2.75) is 24.8 Å². The molecule has 29 heavy (non-hydrogen) atoms. The normalized spacial score (nSPS) is 15.3. The fourth-order valence-corrected chi connectivity index (χ4v) is 3.32. The minimum atomic E-state index is -1.03. The molecule has 9 nitrogen and oxygen atoms in total. The average Bonchev–Trinajstić information content (AvgIpc) is 2.68. The topological polar surface area (TPSA) is 131 Å². The fraction of sp³-hybridized carbons (Fsp3) is 0.300. The number of carbonyl (C=O) groups is 2. The molecule has 0 unspecified atom stereocenters. The first-order valence-electron chi connectivity index (χ1n) is 9.11. The molecule has 2 aromatic carbocycles. The molecule has 1 saturated heterocycles. The number of aliphatic carboxylic acids is 1. The molecule has 1 aliphatic heterocycles. The number of carboxylic acid groups (broad SMARTS) is 1. The molecule has 1 aliphatic rings. The van der Waals surface area contributed by atoms with Crippen molar-refractivity contribution in [3.05, 3.63) is 64.2 Å². The average molecular weight is 399 g/mol. The highest BCUT2D eigenvalue weighted by atomic mass is 16.6. The molecular weight excluding hydrogens is 378 g/mol. The second-order valence-electron chi connectivity index (χ2n) is 6.90. The number of para-hydroxylation sites is 1. The smallest absolute Gasteiger partial charge is 0.305 e. The summed E-state index contributed by atoms with van der Waals surface area (Å²) in [4.78, 5) is 35.0. The van der Waals surface area contributed by atoms with E-state index in [1.807, 2.05) is 6.07 Å². The van der Waals surface area contributed by atoms with E-state index in [0.717, 1.165) is 0 Å². The summed E-state index contributed by atoms with van der Waals surface area (Å²) in [7, 11) is 0. The van der Waals surface area contributed by atoms with E-state index < -0.39 is 22.3 Å². The van der Waals surface area contributed by atoms with Gasteiger partial charge in [0.2, 0.25) is 0 Å². The van der Waals surface area contributed by atoms with Crippen molar-refractivity contribution < 1.29 is 24.4 Å². The maximum absolute atomic E-state index is 12.8. The van der Waals surface area contributed by atoms with E-state index in [4.69, 9.17) is 4.74 Å². The van der Waals surface area contributed by atoms with Gasteiger partial charge in [0.15, 0.2) is 0 Å². The van der Waals surface area contributed by atoms with Gasteiger partial charge in [-0.05, 0) is 37.1 Å². The largest absolute Gasteiger partial charge is 0.481 e. The summed E-state index contributed by atoms with van der Waals surface area (Å²) >= 11 is 0. The van der Waals surface area contributed by atoms with E-state index in [1.165, 1.54) is 18.2 Å². The lowest BCUT2D eigenvalue weighted by molar-refractivity contribution is -0.383. The van der Waals surface area contributed by atoms with Gasteiger partial charge < -0.3 is 20.5 Å². The minimum Gasteiger partial charge on any atom is -0.481 e. The SMILES string of the molecule is O=C(O)CC1(NC(=O)c2ccc(Nc3ccccc3)c([N+](=O)[O-])c2)CCOCC1. The Morgan fingerprint density at radius 2 is 1.83 bits per heavy atom. The third-order valence-corrected chi connectivity index (χ3v) is 4.83. The summed E-state index contributed by atoms with van der Waals surface area (Å²) in [5, 5.41) is 26.5. The third-order valence-electron chi connectivity index (χ3n) is 4.83. The summed E-state index contributed by atoms with van der Waals surface area (Å²) in [6.45, 7) is 0.682. The number of benzene rings is 2. The Labute approximate surface area is 166 Å². The van der Waals surface area contributed by atoms with Crippen molar-refractivity contribution in [3.63, 3.8) is 0 Å². The summed E-state index contributed by atoms with van der Waals surface area (Å²) in [5.74, 6) is -1.58. The number of carbonyl (C=O) groups excluding carboxylic acids is 1. The lowest BCUT2D eigenvalue weighted by Gasteiger charge is -2.36. The van der Waals surface area contributed by atoms with E-state index in [-0.39, 0.29) is 23.4 Å². The van der Waals surface area contributed by atoms with Gasteiger partial charge in [-0.2, -0.15) is 0 Å². The Morgan fingerprint density at radius 1 is 1.14 bits per heavy atom. The predicted octanol–water partition coefficient (Wildman–Crippen LogP) is 3.09. The molecule has 0 saturated carbocycles. The molecule has 9 heteroatoms. The number of anilines is 2. The van der Waals surface area contributed by atoms with Crippen LogP contribution in [0.15, 0.2) is 48.5 Å². The van der Waals surface area contributed by atoms with Crippen molar-refractivity contribution in [3.8, 4) is 0 Å². The van der Waals surface area contributed by atoms with Crippen molar-refractivity contribution >= 4 is 28.9 Å².